The van der Waals surface area contributed by atoms with Crippen LogP contribution in [0, 0.1) is 6.92 Å². The number of rotatable bonds is 0. The van der Waals surface area contributed by atoms with E-state index in [-0.39, 0.29) is 0 Å². The third kappa shape index (κ3) is 1.53. The Balaban J connectivity index is 3.13. The molecule has 1 rings (SSSR count). The van der Waals surface area contributed by atoms with Crippen LogP contribution in [0.4, 0.5) is 13.2 Å². The molecule has 0 bridgehead atoms. The van der Waals surface area contributed by atoms with Gasteiger partial charge in [0.25, 0.3) is 0 Å². The first-order chi connectivity index (χ1) is 4.91. The number of aromatic nitrogens is 2. The normalized spacial score (nSPS) is 12.1. The van der Waals surface area contributed by atoms with Gasteiger partial charge in [0.15, 0.2) is 0 Å². The number of aryl methyl sites for hydroxylation is 2. The highest BCUT2D eigenvalue weighted by atomic mass is 19.4. The zero-order chi connectivity index (χ0) is 8.65. The Hall–Kier alpha value is -1.00. The molecule has 0 N–H and O–H groups in total. The van der Waals surface area contributed by atoms with Gasteiger partial charge in [-0.25, -0.2) is 0 Å². The summed E-state index contributed by atoms with van der Waals surface area (Å²) in [6, 6.07) is 1.01. The largest absolute Gasteiger partial charge is 0.433 e. The molecule has 1 aromatic rings. The molecular weight excluding hydrogens is 157 g/mol. The van der Waals surface area contributed by atoms with Crippen molar-refractivity contribution in [1.29, 1.82) is 0 Å². The maximum atomic E-state index is 12.0. The molecule has 0 saturated heterocycles. The molecule has 0 aromatic carbocycles. The summed E-state index contributed by atoms with van der Waals surface area (Å²) in [5, 5.41) is 3.57. The fourth-order valence-corrected chi connectivity index (χ4v) is 0.876. The molecule has 0 radical (unpaired) electrons. The molecule has 2 nitrogen and oxygen atoms in total. The van der Waals surface area contributed by atoms with Crippen molar-refractivity contribution in [2.45, 2.75) is 13.1 Å². The van der Waals surface area contributed by atoms with Crippen LogP contribution >= 0.6 is 0 Å². The molecule has 0 saturated carbocycles. The maximum Gasteiger partial charge on any atom is 0.433 e. The van der Waals surface area contributed by atoms with Crippen molar-refractivity contribution in [1.82, 2.24) is 9.78 Å². The van der Waals surface area contributed by atoms with Crippen molar-refractivity contribution in [2.24, 2.45) is 7.05 Å². The Morgan fingerprint density at radius 3 is 2.18 bits per heavy atom. The summed E-state index contributed by atoms with van der Waals surface area (Å²) in [6.07, 6.45) is -4.30. The lowest BCUT2D eigenvalue weighted by Gasteiger charge is -2.04. The Bertz CT molecular complexity index is 261. The van der Waals surface area contributed by atoms with Crippen LogP contribution in [0.2, 0.25) is 0 Å². The van der Waals surface area contributed by atoms with Crippen LogP contribution in [0.1, 0.15) is 11.4 Å². The summed E-state index contributed by atoms with van der Waals surface area (Å²) in [4.78, 5) is 0. The van der Waals surface area contributed by atoms with Gasteiger partial charge in [0.05, 0.1) is 5.69 Å². The smallest absolute Gasteiger partial charge is 0.263 e. The third-order valence-corrected chi connectivity index (χ3v) is 1.29. The summed E-state index contributed by atoms with van der Waals surface area (Å²) >= 11 is 0. The molecule has 5 heteroatoms. The molecule has 0 aliphatic rings. The van der Waals surface area contributed by atoms with Crippen molar-refractivity contribution >= 4 is 0 Å². The number of alkyl halides is 3. The molecule has 0 amide bonds. The second-order valence-corrected chi connectivity index (χ2v) is 2.29. The molecule has 1 heterocycles. The van der Waals surface area contributed by atoms with E-state index in [1.807, 2.05) is 0 Å². The van der Waals surface area contributed by atoms with Crippen molar-refractivity contribution in [3.8, 4) is 0 Å². The molecule has 62 valence electrons. The van der Waals surface area contributed by atoms with Gasteiger partial charge in [-0.15, -0.1) is 0 Å². The Morgan fingerprint density at radius 1 is 1.45 bits per heavy atom. The van der Waals surface area contributed by atoms with Crippen LogP contribution in [0.25, 0.3) is 0 Å². The fraction of sp³-hybridized carbons (Fsp3) is 0.500. The molecule has 0 spiro atoms. The SMILES string of the molecule is Cc1cc(C(F)(F)F)n(C)n1. The van der Waals surface area contributed by atoms with Crippen LogP contribution in [0.3, 0.4) is 0 Å². The predicted octanol–water partition coefficient (Wildman–Crippen LogP) is 1.75. The van der Waals surface area contributed by atoms with Crippen molar-refractivity contribution < 1.29 is 13.2 Å². The first-order valence-corrected chi connectivity index (χ1v) is 2.99. The first kappa shape index (κ1) is 8.10. The van der Waals surface area contributed by atoms with E-state index < -0.39 is 11.9 Å². The van der Waals surface area contributed by atoms with Gasteiger partial charge >= 0.3 is 6.18 Å². The van der Waals surface area contributed by atoms with Crippen LogP contribution in [0.5, 0.6) is 0 Å². The van der Waals surface area contributed by atoms with E-state index in [4.69, 9.17) is 0 Å². The summed E-state index contributed by atoms with van der Waals surface area (Å²) < 4.78 is 36.8. The Labute approximate surface area is 61.6 Å². The van der Waals surface area contributed by atoms with E-state index in [2.05, 4.69) is 5.10 Å². The lowest BCUT2D eigenvalue weighted by Crippen LogP contribution is -2.11. The average Bonchev–Trinajstić information content (AvgIpc) is 2.08. The van der Waals surface area contributed by atoms with Gasteiger partial charge in [-0.2, -0.15) is 18.3 Å². The summed E-state index contributed by atoms with van der Waals surface area (Å²) in [7, 11) is 1.27. The number of halogens is 3. The molecule has 0 unspecified atom stereocenters. The lowest BCUT2D eigenvalue weighted by molar-refractivity contribution is -0.143. The number of hydrogen-bond donors (Lipinski definition) is 0. The van der Waals surface area contributed by atoms with Crippen LogP contribution in [-0.2, 0) is 13.2 Å². The minimum atomic E-state index is -4.30. The van der Waals surface area contributed by atoms with E-state index in [0.717, 1.165) is 10.7 Å². The maximum absolute atomic E-state index is 12.0. The predicted molar refractivity (Wildman–Crippen MR) is 32.9 cm³/mol. The number of nitrogens with zero attached hydrogens (tertiary/aromatic N) is 2. The molecule has 0 aliphatic heterocycles. The lowest BCUT2D eigenvalue weighted by atomic mass is 10.4. The van der Waals surface area contributed by atoms with Gasteiger partial charge in [-0.1, -0.05) is 0 Å². The summed E-state index contributed by atoms with van der Waals surface area (Å²) in [5.74, 6) is 0. The minimum Gasteiger partial charge on any atom is -0.263 e. The van der Waals surface area contributed by atoms with Gasteiger partial charge in [0.2, 0.25) is 0 Å². The molecule has 11 heavy (non-hydrogen) atoms. The fourth-order valence-electron chi connectivity index (χ4n) is 0.876. The van der Waals surface area contributed by atoms with E-state index >= 15 is 0 Å². The van der Waals surface area contributed by atoms with Crippen molar-refractivity contribution in [2.75, 3.05) is 0 Å². The highest BCUT2D eigenvalue weighted by Gasteiger charge is 2.34. The minimum absolute atomic E-state index is 0.375. The van der Waals surface area contributed by atoms with Gasteiger partial charge in [-0.05, 0) is 13.0 Å². The monoisotopic (exact) mass is 164 g/mol. The zero-order valence-corrected chi connectivity index (χ0v) is 6.11. The highest BCUT2D eigenvalue weighted by Crippen LogP contribution is 2.28. The molecule has 0 aliphatic carbocycles. The topological polar surface area (TPSA) is 17.8 Å². The zero-order valence-electron chi connectivity index (χ0n) is 6.11. The van der Waals surface area contributed by atoms with Crippen molar-refractivity contribution in [3.05, 3.63) is 17.5 Å². The molecular formula is C6H7F3N2. The van der Waals surface area contributed by atoms with Crippen molar-refractivity contribution in [3.63, 3.8) is 0 Å². The Kier molecular flexibility index (Phi) is 1.66. The summed E-state index contributed by atoms with van der Waals surface area (Å²) in [6.45, 7) is 1.52. The van der Waals surface area contributed by atoms with Crippen LogP contribution in [-0.4, -0.2) is 9.78 Å². The van der Waals surface area contributed by atoms with E-state index in [0.29, 0.717) is 5.69 Å². The van der Waals surface area contributed by atoms with Gasteiger partial charge in [-0.3, -0.25) is 4.68 Å². The second kappa shape index (κ2) is 2.25. The van der Waals surface area contributed by atoms with Gasteiger partial charge in [0.1, 0.15) is 5.69 Å². The summed E-state index contributed by atoms with van der Waals surface area (Å²) in [5.41, 5.74) is -0.338. The molecule has 0 atom stereocenters. The molecule has 0 fully saturated rings. The second-order valence-electron chi connectivity index (χ2n) is 2.29. The quantitative estimate of drug-likeness (QED) is 0.571. The molecule has 1 aromatic heterocycles. The van der Waals surface area contributed by atoms with Gasteiger partial charge < -0.3 is 0 Å². The van der Waals surface area contributed by atoms with E-state index in [9.17, 15) is 13.2 Å². The van der Waals surface area contributed by atoms with Crippen LogP contribution in [0.15, 0.2) is 6.07 Å². The van der Waals surface area contributed by atoms with E-state index in [1.54, 1.807) is 0 Å². The average molecular weight is 164 g/mol. The number of hydrogen-bond acceptors (Lipinski definition) is 1. The van der Waals surface area contributed by atoms with Gasteiger partial charge in [0, 0.05) is 7.05 Å². The van der Waals surface area contributed by atoms with E-state index in [1.165, 1.54) is 14.0 Å². The third-order valence-electron chi connectivity index (χ3n) is 1.29. The van der Waals surface area contributed by atoms with Crippen LogP contribution < -0.4 is 0 Å². The highest BCUT2D eigenvalue weighted by molar-refractivity contribution is 5.11. The standard InChI is InChI=1S/C6H7F3N2/c1-4-3-5(6(7,8)9)11(2)10-4/h3H,1-2H3. The first-order valence-electron chi connectivity index (χ1n) is 2.99. The Morgan fingerprint density at radius 2 is 2.00 bits per heavy atom.